The van der Waals surface area contributed by atoms with Crippen LogP contribution in [-0.2, 0) is 4.74 Å². The van der Waals surface area contributed by atoms with Crippen LogP contribution in [0.2, 0.25) is 0 Å². The molecule has 1 aromatic carbocycles. The first kappa shape index (κ1) is 21.5. The molecule has 0 fully saturated rings. The van der Waals surface area contributed by atoms with E-state index in [0.717, 1.165) is 16.8 Å². The van der Waals surface area contributed by atoms with Gasteiger partial charge in [0.05, 0.1) is 19.8 Å². The van der Waals surface area contributed by atoms with E-state index in [9.17, 15) is 15.1 Å². The van der Waals surface area contributed by atoms with Crippen LogP contribution in [0.15, 0.2) is 47.8 Å². The Labute approximate surface area is 165 Å². The molecule has 0 aliphatic heterocycles. The van der Waals surface area contributed by atoms with Gasteiger partial charge in [0.15, 0.2) is 0 Å². The number of benzene rings is 1. The van der Waals surface area contributed by atoms with Gasteiger partial charge in [-0.05, 0) is 35.7 Å². The maximum atomic E-state index is 10.6. The summed E-state index contributed by atoms with van der Waals surface area (Å²) in [5.41, 5.74) is 2.91. The molecule has 0 amide bonds. The fourth-order valence-corrected chi connectivity index (χ4v) is 2.59. The zero-order valence-corrected chi connectivity index (χ0v) is 16.1. The van der Waals surface area contributed by atoms with E-state index < -0.39 is 0 Å². The number of nitrogens with zero attached hydrogens (tertiary/aromatic N) is 3. The number of pyridine rings is 1. The van der Waals surface area contributed by atoms with E-state index in [1.807, 2.05) is 48.2 Å². The van der Waals surface area contributed by atoms with Gasteiger partial charge in [0.25, 0.3) is 0 Å². The highest BCUT2D eigenvalue weighted by Crippen LogP contribution is 2.17. The fraction of sp³-hybridized carbons (Fsp3) is 0.381. The van der Waals surface area contributed by atoms with Crippen molar-refractivity contribution in [1.29, 1.82) is 0 Å². The van der Waals surface area contributed by atoms with Crippen LogP contribution < -0.4 is 4.90 Å². The van der Waals surface area contributed by atoms with Crippen molar-refractivity contribution in [2.75, 3.05) is 37.8 Å². The molecule has 2 aromatic rings. The van der Waals surface area contributed by atoms with Gasteiger partial charge < -0.3 is 19.8 Å². The van der Waals surface area contributed by atoms with Gasteiger partial charge in [0, 0.05) is 31.0 Å². The molecular weight excluding hydrogens is 358 g/mol. The minimum atomic E-state index is -0.304. The summed E-state index contributed by atoms with van der Waals surface area (Å²) in [6.45, 7) is 3.85. The molecule has 7 nitrogen and oxygen atoms in total. The number of aliphatic hydroxyl groups is 1. The lowest BCUT2D eigenvalue weighted by Crippen LogP contribution is -2.31. The van der Waals surface area contributed by atoms with Gasteiger partial charge in [0.2, 0.25) is 5.88 Å². The average molecular weight is 385 g/mol. The monoisotopic (exact) mass is 385 g/mol. The summed E-state index contributed by atoms with van der Waals surface area (Å²) < 4.78 is 5.54. The zero-order chi connectivity index (χ0) is 20.2. The number of hydrogen-bond acceptors (Lipinski definition) is 7. The summed E-state index contributed by atoms with van der Waals surface area (Å²) >= 11 is 0. The van der Waals surface area contributed by atoms with Crippen LogP contribution in [0.1, 0.15) is 24.5 Å². The van der Waals surface area contributed by atoms with Crippen molar-refractivity contribution in [3.63, 3.8) is 0 Å². The number of ether oxygens (including phenoxy) is 1. The van der Waals surface area contributed by atoms with E-state index in [-0.39, 0.29) is 18.5 Å². The Kier molecular flexibility index (Phi) is 9.10. The minimum absolute atomic E-state index is 0.00194. The van der Waals surface area contributed by atoms with E-state index in [1.54, 1.807) is 18.3 Å². The third kappa shape index (κ3) is 7.09. The molecule has 7 heteroatoms. The maximum absolute atomic E-state index is 10.6. The average Bonchev–Trinajstić information content (AvgIpc) is 2.73. The van der Waals surface area contributed by atoms with Crippen LogP contribution in [0.25, 0.3) is 12.2 Å². The molecule has 1 aromatic heterocycles. The standard InChI is InChI=1S/C21H27N3O4/c1-2-19(23-27)16-28-14-12-24(11-13-25)20-8-5-17(6-9-20)3-4-18-7-10-21(26)22-15-18/h3-10,15,19,25H,2,11-14,16H2,1H3,(H,22,26)/b4-3+. The molecule has 0 aliphatic carbocycles. The Balaban J connectivity index is 1.91. The van der Waals surface area contributed by atoms with Gasteiger partial charge >= 0.3 is 0 Å². The molecule has 0 spiro atoms. The molecule has 0 aliphatic rings. The van der Waals surface area contributed by atoms with Crippen molar-refractivity contribution in [3.05, 3.63) is 58.6 Å². The molecule has 0 radical (unpaired) electrons. The zero-order valence-electron chi connectivity index (χ0n) is 16.1. The maximum Gasteiger partial charge on any atom is 0.210 e. The number of aromatic nitrogens is 1. The van der Waals surface area contributed by atoms with Crippen molar-refractivity contribution in [1.82, 2.24) is 4.98 Å². The van der Waals surface area contributed by atoms with E-state index in [4.69, 9.17) is 4.74 Å². The molecule has 2 N–H and O–H groups in total. The Bertz CT molecular complexity index is 732. The van der Waals surface area contributed by atoms with Gasteiger partial charge in [-0.15, -0.1) is 0 Å². The van der Waals surface area contributed by atoms with E-state index in [2.05, 4.69) is 10.2 Å². The largest absolute Gasteiger partial charge is 0.493 e. The van der Waals surface area contributed by atoms with E-state index in [0.29, 0.717) is 32.7 Å². The Morgan fingerprint density at radius 1 is 1.14 bits per heavy atom. The lowest BCUT2D eigenvalue weighted by molar-refractivity contribution is 0.125. The molecule has 28 heavy (non-hydrogen) atoms. The second-order valence-electron chi connectivity index (χ2n) is 6.33. The van der Waals surface area contributed by atoms with Gasteiger partial charge in [-0.1, -0.05) is 36.4 Å². The molecule has 150 valence electrons. The second kappa shape index (κ2) is 11.8. The Morgan fingerprint density at radius 2 is 1.86 bits per heavy atom. The molecule has 1 unspecified atom stereocenters. The van der Waals surface area contributed by atoms with Crippen molar-refractivity contribution in [2.24, 2.45) is 5.18 Å². The molecular formula is C21H27N3O4. The smallest absolute Gasteiger partial charge is 0.210 e. The normalized spacial score (nSPS) is 12.2. The number of nitroso groups, excluding NO2 is 1. The summed E-state index contributed by atoms with van der Waals surface area (Å²) in [6, 6.07) is 11.0. The van der Waals surface area contributed by atoms with Crippen LogP contribution in [-0.4, -0.2) is 54.1 Å². The Hall–Kier alpha value is -2.77. The highest BCUT2D eigenvalue weighted by molar-refractivity contribution is 5.70. The predicted octanol–water partition coefficient (Wildman–Crippen LogP) is 3.32. The van der Waals surface area contributed by atoms with Crippen LogP contribution in [0.4, 0.5) is 5.69 Å². The van der Waals surface area contributed by atoms with Crippen molar-refractivity contribution >= 4 is 17.8 Å². The van der Waals surface area contributed by atoms with E-state index >= 15 is 0 Å². The number of aromatic hydroxyl groups is 1. The highest BCUT2D eigenvalue weighted by Gasteiger charge is 2.08. The van der Waals surface area contributed by atoms with E-state index in [1.165, 1.54) is 0 Å². The van der Waals surface area contributed by atoms with Crippen LogP contribution in [0.5, 0.6) is 5.88 Å². The third-order valence-electron chi connectivity index (χ3n) is 4.30. The molecule has 1 heterocycles. The summed E-state index contributed by atoms with van der Waals surface area (Å²) in [4.78, 5) is 16.5. The van der Waals surface area contributed by atoms with Crippen molar-refractivity contribution < 1.29 is 14.9 Å². The molecule has 0 bridgehead atoms. The number of rotatable bonds is 12. The van der Waals surface area contributed by atoms with Crippen LogP contribution >= 0.6 is 0 Å². The lowest BCUT2D eigenvalue weighted by Gasteiger charge is -2.24. The van der Waals surface area contributed by atoms with Gasteiger partial charge in [-0.2, -0.15) is 4.91 Å². The topological polar surface area (TPSA) is 95.2 Å². The predicted molar refractivity (Wildman–Crippen MR) is 111 cm³/mol. The highest BCUT2D eigenvalue weighted by atomic mass is 16.5. The van der Waals surface area contributed by atoms with Crippen LogP contribution in [0.3, 0.4) is 0 Å². The fourth-order valence-electron chi connectivity index (χ4n) is 2.59. The van der Waals surface area contributed by atoms with Gasteiger partial charge in [-0.3, -0.25) is 0 Å². The number of anilines is 1. The number of aliphatic hydroxyl groups excluding tert-OH is 1. The van der Waals surface area contributed by atoms with Crippen molar-refractivity contribution in [3.8, 4) is 5.88 Å². The van der Waals surface area contributed by atoms with Gasteiger partial charge in [0.1, 0.15) is 6.04 Å². The van der Waals surface area contributed by atoms with Gasteiger partial charge in [-0.25, -0.2) is 4.98 Å². The Morgan fingerprint density at radius 3 is 2.46 bits per heavy atom. The third-order valence-corrected chi connectivity index (χ3v) is 4.30. The first-order valence-electron chi connectivity index (χ1n) is 9.35. The van der Waals surface area contributed by atoms with Crippen molar-refractivity contribution in [2.45, 2.75) is 19.4 Å². The van der Waals surface area contributed by atoms with Crippen LogP contribution in [0, 0.1) is 4.91 Å². The number of hydrogen-bond donors (Lipinski definition) is 2. The SMILES string of the molecule is CCC(COCCN(CCO)c1ccc(/C=C/c2ccc(O)nc2)cc1)N=O. The summed E-state index contributed by atoms with van der Waals surface area (Å²) in [5, 5.41) is 21.6. The summed E-state index contributed by atoms with van der Waals surface area (Å²) in [6.07, 6.45) is 6.16. The molecule has 2 rings (SSSR count). The summed E-state index contributed by atoms with van der Waals surface area (Å²) in [7, 11) is 0. The summed E-state index contributed by atoms with van der Waals surface area (Å²) in [5.74, 6) is 0.00194. The second-order valence-corrected chi connectivity index (χ2v) is 6.33. The quantitative estimate of drug-likeness (QED) is 0.430. The minimum Gasteiger partial charge on any atom is -0.493 e. The first-order valence-corrected chi connectivity index (χ1v) is 9.35. The molecule has 0 saturated heterocycles. The first-order chi connectivity index (χ1) is 13.7. The molecule has 0 saturated carbocycles. The molecule has 1 atom stereocenters. The lowest BCUT2D eigenvalue weighted by atomic mass is 10.1.